The highest BCUT2D eigenvalue weighted by Crippen LogP contribution is 2.35. The Morgan fingerprint density at radius 1 is 1.37 bits per heavy atom. The lowest BCUT2D eigenvalue weighted by Gasteiger charge is -2.36. The molecule has 27 heavy (non-hydrogen) atoms. The number of carbonyl (C=O) groups excluding carboxylic acids is 1. The van der Waals surface area contributed by atoms with Crippen LogP contribution in [-0.2, 0) is 23.1 Å². The number of aromatic nitrogens is 2. The predicted molar refractivity (Wildman–Crippen MR) is 92.1 cm³/mol. The number of methoxy groups -OCH3 is 1. The molecule has 2 heterocycles. The van der Waals surface area contributed by atoms with E-state index in [9.17, 15) is 18.0 Å². The Balaban J connectivity index is 1.82. The summed E-state index contributed by atoms with van der Waals surface area (Å²) in [4.78, 5) is 13.0. The summed E-state index contributed by atoms with van der Waals surface area (Å²) < 4.78 is 46.5. The van der Waals surface area contributed by atoms with Crippen molar-refractivity contribution in [2.24, 2.45) is 0 Å². The van der Waals surface area contributed by atoms with Crippen molar-refractivity contribution < 1.29 is 22.7 Å². The fourth-order valence-corrected chi connectivity index (χ4v) is 3.36. The van der Waals surface area contributed by atoms with Crippen LogP contribution < -0.4 is 15.4 Å². The van der Waals surface area contributed by atoms with Gasteiger partial charge in [0.25, 0.3) is 0 Å². The quantitative estimate of drug-likeness (QED) is 0.833. The number of hydrogen-bond acceptors (Lipinski definition) is 4. The third kappa shape index (κ3) is 3.92. The molecule has 3 rings (SSSR count). The van der Waals surface area contributed by atoms with E-state index in [1.165, 1.54) is 19.2 Å². The molecule has 1 amide bonds. The number of halogens is 3. The second kappa shape index (κ2) is 7.59. The molecule has 1 aromatic heterocycles. The van der Waals surface area contributed by atoms with Gasteiger partial charge in [0, 0.05) is 18.9 Å². The second-order valence-corrected chi connectivity index (χ2v) is 6.44. The molecule has 6 nitrogen and oxygen atoms in total. The minimum Gasteiger partial charge on any atom is -0.497 e. The molecule has 9 heteroatoms. The van der Waals surface area contributed by atoms with E-state index in [2.05, 4.69) is 15.7 Å². The maximum atomic E-state index is 13.4. The first kappa shape index (κ1) is 19.2. The van der Waals surface area contributed by atoms with Crippen molar-refractivity contribution in [1.82, 2.24) is 20.4 Å². The van der Waals surface area contributed by atoms with Crippen molar-refractivity contribution in [1.29, 1.82) is 0 Å². The van der Waals surface area contributed by atoms with Crippen molar-refractivity contribution in [3.63, 3.8) is 0 Å². The molecule has 1 saturated heterocycles. The molecule has 0 bridgehead atoms. The molecule has 1 aromatic carbocycles. The highest BCUT2D eigenvalue weighted by molar-refractivity contribution is 5.84. The normalized spacial score (nSPS) is 16.7. The number of nitrogens with zero attached hydrogens (tertiary/aromatic N) is 2. The summed E-state index contributed by atoms with van der Waals surface area (Å²) in [5.41, 5.74) is -1.73. The monoisotopic (exact) mass is 382 g/mol. The van der Waals surface area contributed by atoms with Gasteiger partial charge in [-0.15, -0.1) is 0 Å². The standard InChI is InChI=1S/C18H21F3N4O2/c1-27-14-4-3-13(15(11-14)18(19,20)21)12-23-16(26)17(5-8-22-9-6-17)25-10-2-7-24-25/h2-4,7,10-11,22H,5-6,8-9,12H2,1H3,(H,23,26). The van der Waals surface area contributed by atoms with E-state index in [0.29, 0.717) is 25.9 Å². The van der Waals surface area contributed by atoms with E-state index < -0.39 is 17.3 Å². The van der Waals surface area contributed by atoms with Gasteiger partial charge in [-0.3, -0.25) is 9.48 Å². The lowest BCUT2D eigenvalue weighted by molar-refractivity contribution is -0.139. The van der Waals surface area contributed by atoms with Gasteiger partial charge < -0.3 is 15.4 Å². The van der Waals surface area contributed by atoms with Gasteiger partial charge in [0.1, 0.15) is 11.3 Å². The van der Waals surface area contributed by atoms with Crippen LogP contribution in [0.5, 0.6) is 5.75 Å². The average Bonchev–Trinajstić information content (AvgIpc) is 3.21. The molecule has 1 fully saturated rings. The second-order valence-electron chi connectivity index (χ2n) is 6.44. The molecular weight excluding hydrogens is 361 g/mol. The van der Waals surface area contributed by atoms with Crippen LogP contribution in [0.3, 0.4) is 0 Å². The lowest BCUT2D eigenvalue weighted by Crippen LogP contribution is -2.54. The lowest BCUT2D eigenvalue weighted by atomic mass is 9.87. The fraction of sp³-hybridized carbons (Fsp3) is 0.444. The van der Waals surface area contributed by atoms with Crippen molar-refractivity contribution in [2.75, 3.05) is 20.2 Å². The molecule has 0 atom stereocenters. The van der Waals surface area contributed by atoms with Crippen LogP contribution in [0, 0.1) is 0 Å². The molecule has 0 aliphatic carbocycles. The Morgan fingerprint density at radius 2 is 2.11 bits per heavy atom. The molecule has 146 valence electrons. The van der Waals surface area contributed by atoms with Gasteiger partial charge in [0.05, 0.1) is 12.7 Å². The van der Waals surface area contributed by atoms with Crippen molar-refractivity contribution in [3.8, 4) is 5.75 Å². The third-order valence-corrected chi connectivity index (χ3v) is 4.86. The Bertz CT molecular complexity index is 784. The van der Waals surface area contributed by atoms with Crippen LogP contribution in [0.2, 0.25) is 0 Å². The molecule has 0 spiro atoms. The summed E-state index contributed by atoms with van der Waals surface area (Å²) in [5.74, 6) is -0.222. The zero-order valence-corrected chi connectivity index (χ0v) is 14.8. The topological polar surface area (TPSA) is 68.2 Å². The number of benzene rings is 1. The maximum absolute atomic E-state index is 13.4. The molecule has 0 unspecified atom stereocenters. The first-order valence-electron chi connectivity index (χ1n) is 8.60. The Labute approximate surface area is 154 Å². The van der Waals surface area contributed by atoms with Crippen LogP contribution in [0.4, 0.5) is 13.2 Å². The van der Waals surface area contributed by atoms with Crippen molar-refractivity contribution >= 4 is 5.91 Å². The van der Waals surface area contributed by atoms with Gasteiger partial charge in [-0.25, -0.2) is 0 Å². The first-order chi connectivity index (χ1) is 12.9. The van der Waals surface area contributed by atoms with Crippen LogP contribution in [0.1, 0.15) is 24.0 Å². The van der Waals surface area contributed by atoms with Gasteiger partial charge in [0.2, 0.25) is 5.91 Å². The van der Waals surface area contributed by atoms with Crippen molar-refractivity contribution in [3.05, 3.63) is 47.8 Å². The number of carbonyl (C=O) groups is 1. The molecule has 2 aromatic rings. The summed E-state index contributed by atoms with van der Waals surface area (Å²) >= 11 is 0. The van der Waals surface area contributed by atoms with Gasteiger partial charge in [-0.05, 0) is 49.7 Å². The molecule has 1 aliphatic heterocycles. The Hall–Kier alpha value is -2.55. The summed E-state index contributed by atoms with van der Waals surface area (Å²) in [6.45, 7) is 1.03. The highest BCUT2D eigenvalue weighted by atomic mass is 19.4. The smallest absolute Gasteiger partial charge is 0.416 e. The number of nitrogens with one attached hydrogen (secondary N) is 2. The summed E-state index contributed by atoms with van der Waals surface area (Å²) in [5, 5.41) is 10.1. The highest BCUT2D eigenvalue weighted by Gasteiger charge is 2.42. The number of hydrogen-bond donors (Lipinski definition) is 2. The maximum Gasteiger partial charge on any atom is 0.416 e. The first-order valence-corrected chi connectivity index (χ1v) is 8.60. The number of rotatable bonds is 5. The predicted octanol–water partition coefficient (Wildman–Crippen LogP) is 2.31. The average molecular weight is 382 g/mol. The van der Waals surface area contributed by atoms with E-state index in [1.807, 2.05) is 0 Å². The number of amides is 1. The Kier molecular flexibility index (Phi) is 5.41. The van der Waals surface area contributed by atoms with E-state index in [4.69, 9.17) is 4.74 Å². The van der Waals surface area contributed by atoms with Gasteiger partial charge >= 0.3 is 6.18 Å². The number of alkyl halides is 3. The van der Waals surface area contributed by atoms with Crippen LogP contribution >= 0.6 is 0 Å². The van der Waals surface area contributed by atoms with E-state index in [1.54, 1.807) is 23.1 Å². The summed E-state index contributed by atoms with van der Waals surface area (Å²) in [6.07, 6.45) is -0.227. The van der Waals surface area contributed by atoms with Gasteiger partial charge in [-0.2, -0.15) is 18.3 Å². The third-order valence-electron chi connectivity index (χ3n) is 4.86. The van der Waals surface area contributed by atoms with Crippen LogP contribution in [0.25, 0.3) is 0 Å². The fourth-order valence-electron chi connectivity index (χ4n) is 3.36. The van der Waals surface area contributed by atoms with Crippen LogP contribution in [0.15, 0.2) is 36.7 Å². The van der Waals surface area contributed by atoms with E-state index >= 15 is 0 Å². The molecule has 1 aliphatic rings. The molecule has 2 N–H and O–H groups in total. The largest absolute Gasteiger partial charge is 0.497 e. The molecule has 0 saturated carbocycles. The van der Waals surface area contributed by atoms with Gasteiger partial charge in [-0.1, -0.05) is 6.07 Å². The van der Waals surface area contributed by atoms with Gasteiger partial charge in [0.15, 0.2) is 0 Å². The van der Waals surface area contributed by atoms with Crippen LogP contribution in [-0.4, -0.2) is 35.9 Å². The summed E-state index contributed by atoms with van der Waals surface area (Å²) in [7, 11) is 1.31. The molecule has 0 radical (unpaired) electrons. The van der Waals surface area contributed by atoms with E-state index in [-0.39, 0.29) is 23.8 Å². The van der Waals surface area contributed by atoms with Crippen molar-refractivity contribution in [2.45, 2.75) is 31.1 Å². The number of ether oxygens (including phenoxy) is 1. The minimum atomic E-state index is -4.54. The van der Waals surface area contributed by atoms with E-state index in [0.717, 1.165) is 6.07 Å². The SMILES string of the molecule is COc1ccc(CNC(=O)C2(n3cccn3)CCNCC2)c(C(F)(F)F)c1. The summed E-state index contributed by atoms with van der Waals surface area (Å²) in [6, 6.07) is 5.44. The Morgan fingerprint density at radius 3 is 2.70 bits per heavy atom. The zero-order chi connectivity index (χ0) is 19.5. The minimum absolute atomic E-state index is 0.0128. The number of piperidine rings is 1. The zero-order valence-electron chi connectivity index (χ0n) is 14.8. The molecular formula is C18H21F3N4O2.